The zero-order valence-corrected chi connectivity index (χ0v) is 13.4. The summed E-state index contributed by atoms with van der Waals surface area (Å²) in [4.78, 5) is 14.0. The molecule has 2 aromatic carbocycles. The number of carbonyl (C=O) groups is 1. The molecule has 0 bridgehead atoms. The molecule has 126 valence electrons. The van der Waals surface area contributed by atoms with Gasteiger partial charge < -0.3 is 19.7 Å². The molecule has 0 saturated heterocycles. The minimum Gasteiger partial charge on any atom is -0.454 e. The van der Waals surface area contributed by atoms with Gasteiger partial charge in [-0.1, -0.05) is 18.2 Å². The molecule has 3 rings (SSSR count). The zero-order chi connectivity index (χ0) is 16.9. The van der Waals surface area contributed by atoms with Gasteiger partial charge in [0.1, 0.15) is 5.82 Å². The summed E-state index contributed by atoms with van der Waals surface area (Å²) >= 11 is 0. The van der Waals surface area contributed by atoms with Crippen LogP contribution in [0, 0.1) is 5.82 Å². The van der Waals surface area contributed by atoms with Crippen molar-refractivity contribution in [2.24, 2.45) is 0 Å². The molecule has 0 saturated carbocycles. The van der Waals surface area contributed by atoms with Gasteiger partial charge in [0.2, 0.25) is 6.79 Å². The highest BCUT2D eigenvalue weighted by atomic mass is 19.1. The monoisotopic (exact) mass is 330 g/mol. The van der Waals surface area contributed by atoms with E-state index in [0.717, 1.165) is 11.1 Å². The second-order valence-corrected chi connectivity index (χ2v) is 5.49. The van der Waals surface area contributed by atoms with E-state index in [-0.39, 0.29) is 18.6 Å². The van der Waals surface area contributed by atoms with E-state index in [0.29, 0.717) is 31.1 Å². The molecule has 1 heterocycles. The standard InChI is InChI=1S/C18H19FN2O3/c1-2-21(11-14-4-3-5-15(19)8-14)18(22)20-10-13-6-7-16-17(9-13)24-12-23-16/h3-9H,2,10-12H2,1H3,(H,20,22). The van der Waals surface area contributed by atoms with E-state index in [1.807, 2.05) is 25.1 Å². The maximum absolute atomic E-state index is 13.3. The summed E-state index contributed by atoms with van der Waals surface area (Å²) in [5.41, 5.74) is 1.68. The molecular formula is C18H19FN2O3. The van der Waals surface area contributed by atoms with E-state index in [1.165, 1.54) is 12.1 Å². The summed E-state index contributed by atoms with van der Waals surface area (Å²) in [6.45, 7) is 3.39. The smallest absolute Gasteiger partial charge is 0.317 e. The number of ether oxygens (including phenoxy) is 2. The molecule has 0 aromatic heterocycles. The number of fused-ring (bicyclic) bond motifs is 1. The Labute approximate surface area is 140 Å². The molecule has 5 nitrogen and oxygen atoms in total. The number of hydrogen-bond acceptors (Lipinski definition) is 3. The maximum Gasteiger partial charge on any atom is 0.317 e. The van der Waals surface area contributed by atoms with Crippen LogP contribution >= 0.6 is 0 Å². The van der Waals surface area contributed by atoms with Crippen LogP contribution in [-0.2, 0) is 13.1 Å². The van der Waals surface area contributed by atoms with Crippen molar-refractivity contribution in [2.75, 3.05) is 13.3 Å². The van der Waals surface area contributed by atoms with Crippen molar-refractivity contribution in [2.45, 2.75) is 20.0 Å². The lowest BCUT2D eigenvalue weighted by atomic mass is 10.2. The highest BCUT2D eigenvalue weighted by molar-refractivity contribution is 5.74. The van der Waals surface area contributed by atoms with Crippen molar-refractivity contribution in [3.63, 3.8) is 0 Å². The van der Waals surface area contributed by atoms with Crippen molar-refractivity contribution in [3.05, 3.63) is 59.4 Å². The maximum atomic E-state index is 13.3. The number of amides is 2. The number of urea groups is 1. The molecule has 0 spiro atoms. The van der Waals surface area contributed by atoms with Crippen molar-refractivity contribution in [1.82, 2.24) is 10.2 Å². The summed E-state index contributed by atoms with van der Waals surface area (Å²) < 4.78 is 23.8. The first-order valence-electron chi connectivity index (χ1n) is 7.81. The molecule has 0 radical (unpaired) electrons. The summed E-state index contributed by atoms with van der Waals surface area (Å²) in [7, 11) is 0. The fraction of sp³-hybridized carbons (Fsp3) is 0.278. The van der Waals surface area contributed by atoms with Gasteiger partial charge >= 0.3 is 6.03 Å². The third-order valence-electron chi connectivity index (χ3n) is 3.81. The number of nitrogens with one attached hydrogen (secondary N) is 1. The van der Waals surface area contributed by atoms with E-state index in [1.54, 1.807) is 17.0 Å². The zero-order valence-electron chi connectivity index (χ0n) is 13.4. The van der Waals surface area contributed by atoms with Gasteiger partial charge in [0.15, 0.2) is 11.5 Å². The van der Waals surface area contributed by atoms with Crippen molar-refractivity contribution in [1.29, 1.82) is 0 Å². The van der Waals surface area contributed by atoms with Gasteiger partial charge in [0.05, 0.1) is 0 Å². The molecule has 24 heavy (non-hydrogen) atoms. The van der Waals surface area contributed by atoms with Gasteiger partial charge in [-0.2, -0.15) is 0 Å². The van der Waals surface area contributed by atoms with Crippen LogP contribution in [0.1, 0.15) is 18.1 Å². The van der Waals surface area contributed by atoms with Crippen LogP contribution in [0.15, 0.2) is 42.5 Å². The lowest BCUT2D eigenvalue weighted by Gasteiger charge is -2.21. The van der Waals surface area contributed by atoms with Crippen LogP contribution in [0.25, 0.3) is 0 Å². The first-order chi connectivity index (χ1) is 11.7. The predicted octanol–water partition coefficient (Wildman–Crippen LogP) is 3.29. The highest BCUT2D eigenvalue weighted by Gasteiger charge is 2.15. The van der Waals surface area contributed by atoms with E-state index < -0.39 is 0 Å². The Morgan fingerprint density at radius 1 is 1.17 bits per heavy atom. The van der Waals surface area contributed by atoms with Crippen molar-refractivity contribution in [3.8, 4) is 11.5 Å². The molecule has 1 aliphatic heterocycles. The Balaban J connectivity index is 1.58. The molecule has 0 atom stereocenters. The SMILES string of the molecule is CCN(Cc1cccc(F)c1)C(=O)NCc1ccc2c(c1)OCO2. The third kappa shape index (κ3) is 3.76. The van der Waals surface area contributed by atoms with Gasteiger partial charge in [0, 0.05) is 19.6 Å². The highest BCUT2D eigenvalue weighted by Crippen LogP contribution is 2.32. The summed E-state index contributed by atoms with van der Waals surface area (Å²) in [6, 6.07) is 11.6. The van der Waals surface area contributed by atoms with E-state index in [9.17, 15) is 9.18 Å². The fourth-order valence-corrected chi connectivity index (χ4v) is 2.52. The second-order valence-electron chi connectivity index (χ2n) is 5.49. The van der Waals surface area contributed by atoms with Crippen LogP contribution < -0.4 is 14.8 Å². The van der Waals surface area contributed by atoms with Gasteiger partial charge in [-0.15, -0.1) is 0 Å². The molecule has 6 heteroatoms. The summed E-state index contributed by atoms with van der Waals surface area (Å²) in [5, 5.41) is 2.87. The van der Waals surface area contributed by atoms with Gasteiger partial charge in [-0.3, -0.25) is 0 Å². The van der Waals surface area contributed by atoms with Crippen LogP contribution in [0.3, 0.4) is 0 Å². The second kappa shape index (κ2) is 7.21. The van der Waals surface area contributed by atoms with Crippen LogP contribution in [0.5, 0.6) is 11.5 Å². The van der Waals surface area contributed by atoms with Gasteiger partial charge in [-0.25, -0.2) is 9.18 Å². The Hall–Kier alpha value is -2.76. The molecular weight excluding hydrogens is 311 g/mol. The van der Waals surface area contributed by atoms with E-state index in [4.69, 9.17) is 9.47 Å². The van der Waals surface area contributed by atoms with Crippen LogP contribution in [0.2, 0.25) is 0 Å². The Morgan fingerprint density at radius 2 is 2.00 bits per heavy atom. The molecule has 0 unspecified atom stereocenters. The average molecular weight is 330 g/mol. The van der Waals surface area contributed by atoms with E-state index >= 15 is 0 Å². The molecule has 0 aliphatic carbocycles. The molecule has 0 fully saturated rings. The van der Waals surface area contributed by atoms with Crippen LogP contribution in [0.4, 0.5) is 9.18 Å². The summed E-state index contributed by atoms with van der Waals surface area (Å²) in [5.74, 6) is 1.10. The molecule has 2 aromatic rings. The molecule has 1 N–H and O–H groups in total. The minimum absolute atomic E-state index is 0.195. The number of carbonyl (C=O) groups excluding carboxylic acids is 1. The topological polar surface area (TPSA) is 50.8 Å². The first-order valence-corrected chi connectivity index (χ1v) is 7.81. The van der Waals surface area contributed by atoms with Crippen molar-refractivity contribution >= 4 is 6.03 Å². The average Bonchev–Trinajstić information content (AvgIpc) is 3.05. The minimum atomic E-state index is -0.302. The van der Waals surface area contributed by atoms with E-state index in [2.05, 4.69) is 5.32 Å². The third-order valence-corrected chi connectivity index (χ3v) is 3.81. The number of nitrogens with zero attached hydrogens (tertiary/aromatic N) is 1. The number of hydrogen-bond donors (Lipinski definition) is 1. The molecule has 2 amide bonds. The number of rotatable bonds is 5. The Bertz CT molecular complexity index is 736. The molecule has 1 aliphatic rings. The number of halogens is 1. The lowest BCUT2D eigenvalue weighted by Crippen LogP contribution is -2.39. The Kier molecular flexibility index (Phi) is 4.84. The van der Waals surface area contributed by atoms with Gasteiger partial charge in [-0.05, 0) is 42.3 Å². The predicted molar refractivity (Wildman–Crippen MR) is 87.3 cm³/mol. The Morgan fingerprint density at radius 3 is 2.79 bits per heavy atom. The van der Waals surface area contributed by atoms with Crippen molar-refractivity contribution < 1.29 is 18.7 Å². The van der Waals surface area contributed by atoms with Gasteiger partial charge in [0.25, 0.3) is 0 Å². The lowest BCUT2D eigenvalue weighted by molar-refractivity contribution is 0.174. The fourth-order valence-electron chi connectivity index (χ4n) is 2.52. The number of benzene rings is 2. The normalized spacial score (nSPS) is 12.1. The van der Waals surface area contributed by atoms with Crippen LogP contribution in [-0.4, -0.2) is 24.3 Å². The quantitative estimate of drug-likeness (QED) is 0.915. The largest absolute Gasteiger partial charge is 0.454 e. The summed E-state index contributed by atoms with van der Waals surface area (Å²) in [6.07, 6.45) is 0. The first kappa shape index (κ1) is 16.1.